The molecule has 4 rings (SSSR count). The Morgan fingerprint density at radius 2 is 1.50 bits per heavy atom. The van der Waals surface area contributed by atoms with Crippen LogP contribution < -0.4 is 5.06 Å². The molecule has 0 aromatic heterocycles. The second-order valence-electron chi connectivity index (χ2n) is 9.10. The third-order valence-corrected chi connectivity index (χ3v) is 8.54. The number of piperazine rings is 1. The summed E-state index contributed by atoms with van der Waals surface area (Å²) >= 11 is 0. The Bertz CT molecular complexity index is 1230. The van der Waals surface area contributed by atoms with Gasteiger partial charge in [0.15, 0.2) is 0 Å². The first-order chi connectivity index (χ1) is 17.3. The summed E-state index contributed by atoms with van der Waals surface area (Å²) in [6.07, 6.45) is 3.50. The molecule has 3 atom stereocenters. The minimum absolute atomic E-state index is 0.0191. The lowest BCUT2D eigenvalue weighted by Gasteiger charge is -2.40. The van der Waals surface area contributed by atoms with Gasteiger partial charge in [0.25, 0.3) is 0 Å². The van der Waals surface area contributed by atoms with E-state index in [0.29, 0.717) is 31.9 Å². The van der Waals surface area contributed by atoms with Crippen LogP contribution in [0.25, 0.3) is 0 Å². The van der Waals surface area contributed by atoms with E-state index in [4.69, 9.17) is 0 Å². The normalized spacial score (nSPS) is 18.2. The van der Waals surface area contributed by atoms with E-state index in [1.165, 1.54) is 12.1 Å². The molecule has 6 nitrogen and oxygen atoms in total. The fraction of sp³-hybridized carbons (Fsp3) is 0.286. The molecule has 3 aromatic carbocycles. The molecule has 8 heteroatoms. The van der Waals surface area contributed by atoms with Gasteiger partial charge in [-0.25, -0.2) is 12.8 Å². The number of hydroxylamine groups is 1. The SMILES string of the molecule is CC(c1ccc(F)cc1)C(/C=C\[NH+]([O-])c1ccccc1)N1CCN(S(=O)(=O)Cc2ccccc2)CC1. The van der Waals surface area contributed by atoms with Crippen LogP contribution >= 0.6 is 0 Å². The second kappa shape index (κ2) is 11.9. The standard InChI is InChI=1S/C28H32FN3O3S/c1-23(25-12-14-26(29)15-13-25)28(16-17-32(33)27-10-6-3-7-11-27)30-18-20-31(21-19-30)36(34,35)22-24-8-4-2-5-9-24/h2-17,23,28,32H,18-22H2,1H3/b17-16-. The summed E-state index contributed by atoms with van der Waals surface area (Å²) in [6.45, 7) is 3.88. The van der Waals surface area contributed by atoms with Crippen molar-refractivity contribution in [1.82, 2.24) is 9.21 Å². The molecule has 1 aliphatic rings. The van der Waals surface area contributed by atoms with Crippen LogP contribution in [0.1, 0.15) is 24.0 Å². The highest BCUT2D eigenvalue weighted by Gasteiger charge is 2.32. The number of hydrogen-bond acceptors (Lipinski definition) is 4. The molecule has 0 aliphatic carbocycles. The van der Waals surface area contributed by atoms with Crippen LogP contribution in [0.15, 0.2) is 97.2 Å². The van der Waals surface area contributed by atoms with Crippen molar-refractivity contribution in [3.8, 4) is 0 Å². The molecular weight excluding hydrogens is 477 g/mol. The summed E-state index contributed by atoms with van der Waals surface area (Å²) in [7, 11) is -3.43. The Balaban J connectivity index is 1.49. The number of halogens is 1. The van der Waals surface area contributed by atoms with Gasteiger partial charge < -0.3 is 10.3 Å². The maximum absolute atomic E-state index is 13.5. The van der Waals surface area contributed by atoms with Gasteiger partial charge in [0.2, 0.25) is 10.0 Å². The molecule has 1 N–H and O–H groups in total. The first-order valence-electron chi connectivity index (χ1n) is 12.1. The third kappa shape index (κ3) is 6.66. The van der Waals surface area contributed by atoms with Crippen molar-refractivity contribution in [3.05, 3.63) is 119 Å². The van der Waals surface area contributed by atoms with Crippen LogP contribution in [-0.2, 0) is 15.8 Å². The number of nitrogens with zero attached hydrogens (tertiary/aromatic N) is 2. The Labute approximate surface area is 212 Å². The first-order valence-corrected chi connectivity index (χ1v) is 13.7. The molecule has 0 amide bonds. The predicted octanol–water partition coefficient (Wildman–Crippen LogP) is 3.67. The molecule has 1 aliphatic heterocycles. The van der Waals surface area contributed by atoms with Crippen molar-refractivity contribution in [2.75, 3.05) is 26.2 Å². The average molecular weight is 510 g/mol. The van der Waals surface area contributed by atoms with Crippen molar-refractivity contribution >= 4 is 15.7 Å². The molecule has 0 bridgehead atoms. The highest BCUT2D eigenvalue weighted by Crippen LogP contribution is 2.26. The van der Waals surface area contributed by atoms with Crippen LogP contribution in [0.2, 0.25) is 0 Å². The summed E-state index contributed by atoms with van der Waals surface area (Å²) in [4.78, 5) is 2.21. The molecule has 1 fully saturated rings. The van der Waals surface area contributed by atoms with Gasteiger partial charge in [0.05, 0.1) is 12.0 Å². The van der Waals surface area contributed by atoms with E-state index in [0.717, 1.165) is 11.1 Å². The molecule has 0 saturated carbocycles. The number of benzene rings is 3. The zero-order chi connectivity index (χ0) is 25.5. The Kier molecular flexibility index (Phi) is 8.66. The molecule has 0 radical (unpaired) electrons. The van der Waals surface area contributed by atoms with E-state index in [1.54, 1.807) is 34.8 Å². The van der Waals surface area contributed by atoms with Crippen molar-refractivity contribution in [3.63, 3.8) is 0 Å². The van der Waals surface area contributed by atoms with Crippen LogP contribution in [0.5, 0.6) is 0 Å². The highest BCUT2D eigenvalue weighted by molar-refractivity contribution is 7.88. The summed E-state index contributed by atoms with van der Waals surface area (Å²) in [5, 5.41) is 12.7. The van der Waals surface area contributed by atoms with E-state index in [2.05, 4.69) is 4.90 Å². The number of nitrogens with one attached hydrogen (secondary N) is 1. The molecule has 0 spiro atoms. The van der Waals surface area contributed by atoms with E-state index in [1.807, 2.05) is 61.5 Å². The smallest absolute Gasteiger partial charge is 0.218 e. The summed E-state index contributed by atoms with van der Waals surface area (Å²) in [5.74, 6) is -0.346. The highest BCUT2D eigenvalue weighted by atomic mass is 32.2. The van der Waals surface area contributed by atoms with Crippen LogP contribution in [-0.4, -0.2) is 49.8 Å². The third-order valence-electron chi connectivity index (χ3n) is 6.69. The van der Waals surface area contributed by atoms with Crippen LogP contribution in [0, 0.1) is 11.0 Å². The Morgan fingerprint density at radius 3 is 2.11 bits per heavy atom. The maximum atomic E-state index is 13.5. The number of sulfonamides is 1. The van der Waals surface area contributed by atoms with E-state index in [9.17, 15) is 18.0 Å². The Hall–Kier alpha value is -2.88. The van der Waals surface area contributed by atoms with Crippen molar-refractivity contribution < 1.29 is 17.9 Å². The quantitative estimate of drug-likeness (QED) is 0.447. The van der Waals surface area contributed by atoms with Gasteiger partial charge >= 0.3 is 0 Å². The van der Waals surface area contributed by atoms with Crippen LogP contribution in [0.4, 0.5) is 10.1 Å². The summed E-state index contributed by atoms with van der Waals surface area (Å²) < 4.78 is 41.1. The molecule has 3 aromatic rings. The second-order valence-corrected chi connectivity index (χ2v) is 11.1. The largest absolute Gasteiger partial charge is 0.624 e. The van der Waals surface area contributed by atoms with Gasteiger partial charge in [0, 0.05) is 38.1 Å². The fourth-order valence-corrected chi connectivity index (χ4v) is 6.12. The number of quaternary nitrogens is 1. The fourth-order valence-electron chi connectivity index (χ4n) is 4.61. The first kappa shape index (κ1) is 26.2. The maximum Gasteiger partial charge on any atom is 0.218 e. The molecule has 3 unspecified atom stereocenters. The van der Waals surface area contributed by atoms with E-state index >= 15 is 0 Å². The lowest BCUT2D eigenvalue weighted by molar-refractivity contribution is -0.714. The molecule has 1 heterocycles. The van der Waals surface area contributed by atoms with Crippen LogP contribution in [0.3, 0.4) is 0 Å². The van der Waals surface area contributed by atoms with Crippen molar-refractivity contribution in [1.29, 1.82) is 0 Å². The lowest BCUT2D eigenvalue weighted by Crippen LogP contribution is -2.96. The molecular formula is C28H32FN3O3S. The van der Waals surface area contributed by atoms with E-state index < -0.39 is 10.0 Å². The monoisotopic (exact) mass is 509 g/mol. The minimum atomic E-state index is -3.43. The topological polar surface area (TPSA) is 68.1 Å². The van der Waals surface area contributed by atoms with Gasteiger partial charge in [-0.15, -0.1) is 0 Å². The molecule has 36 heavy (non-hydrogen) atoms. The van der Waals surface area contributed by atoms with Gasteiger partial charge in [-0.05, 0) is 41.5 Å². The molecule has 1 saturated heterocycles. The average Bonchev–Trinajstić information content (AvgIpc) is 2.90. The van der Waals surface area contributed by atoms with Gasteiger partial charge in [-0.1, -0.05) is 67.6 Å². The zero-order valence-electron chi connectivity index (χ0n) is 20.3. The van der Waals surface area contributed by atoms with Gasteiger partial charge in [0.1, 0.15) is 11.5 Å². The zero-order valence-corrected chi connectivity index (χ0v) is 21.1. The van der Waals surface area contributed by atoms with Gasteiger partial charge in [-0.2, -0.15) is 4.31 Å². The summed E-state index contributed by atoms with van der Waals surface area (Å²) in [5.41, 5.74) is 2.33. The number of para-hydroxylation sites is 1. The lowest BCUT2D eigenvalue weighted by atomic mass is 9.91. The number of rotatable bonds is 9. The van der Waals surface area contributed by atoms with Crippen molar-refractivity contribution in [2.45, 2.75) is 24.6 Å². The molecule has 190 valence electrons. The summed E-state index contributed by atoms with van der Waals surface area (Å²) in [6, 6.07) is 24.5. The Morgan fingerprint density at radius 1 is 0.917 bits per heavy atom. The number of hydrogen-bond donors (Lipinski definition) is 1. The van der Waals surface area contributed by atoms with E-state index in [-0.39, 0.29) is 28.6 Å². The van der Waals surface area contributed by atoms with Crippen molar-refractivity contribution in [2.24, 2.45) is 0 Å². The minimum Gasteiger partial charge on any atom is -0.624 e. The van der Waals surface area contributed by atoms with Gasteiger partial charge in [-0.3, -0.25) is 4.90 Å². The predicted molar refractivity (Wildman–Crippen MR) is 140 cm³/mol.